The molecule has 0 aromatic heterocycles. The van der Waals surface area contributed by atoms with E-state index in [0.717, 1.165) is 64.7 Å². The van der Waals surface area contributed by atoms with Crippen LogP contribution in [0.15, 0.2) is 0 Å². The monoisotopic (exact) mass is 343 g/mol. The van der Waals surface area contributed by atoms with E-state index in [1.165, 1.54) is 0 Å². The molecule has 1 saturated carbocycles. The molecule has 0 aromatic rings. The van der Waals surface area contributed by atoms with Crippen LogP contribution in [0.4, 0.5) is 0 Å². The van der Waals surface area contributed by atoms with Gasteiger partial charge in [0.05, 0.1) is 11.7 Å². The van der Waals surface area contributed by atoms with Gasteiger partial charge in [0.15, 0.2) is 0 Å². The average Bonchev–Trinajstić information content (AvgIpc) is 3.07. The van der Waals surface area contributed by atoms with Crippen molar-refractivity contribution in [3.8, 4) is 0 Å². The summed E-state index contributed by atoms with van der Waals surface area (Å²) in [5, 5.41) is 3.25. The smallest absolute Gasteiger partial charge is 0.227 e. The Bertz CT molecular complexity index is 511. The number of piperidine rings is 1. The van der Waals surface area contributed by atoms with Crippen molar-refractivity contribution in [3.05, 3.63) is 0 Å². The molecule has 3 rings (SSSR count). The summed E-state index contributed by atoms with van der Waals surface area (Å²) >= 11 is 0. The van der Waals surface area contributed by atoms with Crippen molar-refractivity contribution in [1.82, 2.24) is 14.5 Å². The van der Waals surface area contributed by atoms with E-state index in [1.54, 1.807) is 4.31 Å². The highest BCUT2D eigenvalue weighted by molar-refractivity contribution is 7.89. The van der Waals surface area contributed by atoms with Crippen LogP contribution >= 0.6 is 0 Å². The summed E-state index contributed by atoms with van der Waals surface area (Å²) in [6, 6.07) is 0. The first kappa shape index (κ1) is 17.2. The predicted molar refractivity (Wildman–Crippen MR) is 89.5 cm³/mol. The molecule has 1 aliphatic carbocycles. The summed E-state index contributed by atoms with van der Waals surface area (Å²) < 4.78 is 27.0. The van der Waals surface area contributed by atoms with Crippen molar-refractivity contribution >= 4 is 15.9 Å². The number of hydrogen-bond acceptors (Lipinski definition) is 4. The molecule has 0 bridgehead atoms. The predicted octanol–water partition coefficient (Wildman–Crippen LogP) is 0.650. The Morgan fingerprint density at radius 3 is 2.39 bits per heavy atom. The minimum Gasteiger partial charge on any atom is -0.340 e. The van der Waals surface area contributed by atoms with Crippen molar-refractivity contribution in [1.29, 1.82) is 0 Å². The fourth-order valence-electron chi connectivity index (χ4n) is 4.12. The fraction of sp³-hybridized carbons (Fsp3) is 0.938. The van der Waals surface area contributed by atoms with Gasteiger partial charge in [0, 0.05) is 39.3 Å². The highest BCUT2D eigenvalue weighted by Crippen LogP contribution is 2.28. The summed E-state index contributed by atoms with van der Waals surface area (Å²) in [6.45, 7) is 4.12. The molecule has 3 fully saturated rings. The lowest BCUT2D eigenvalue weighted by atomic mass is 9.98. The second-order valence-electron chi connectivity index (χ2n) is 7.20. The highest BCUT2D eigenvalue weighted by atomic mass is 32.2. The zero-order valence-electron chi connectivity index (χ0n) is 13.9. The minimum atomic E-state index is -3.21. The lowest BCUT2D eigenvalue weighted by Crippen LogP contribution is -2.52. The standard InChI is InChI=1S/C16H29N3O3S/c20-16(18-10-7-17-8-11-18)15-6-3-9-19(12-15)23(21,22)13-14-4-1-2-5-14/h14-15,17H,1-13H2. The molecule has 132 valence electrons. The molecule has 2 saturated heterocycles. The Kier molecular flexibility index (Phi) is 5.59. The molecule has 0 spiro atoms. The van der Waals surface area contributed by atoms with Crippen LogP contribution in [0.2, 0.25) is 0 Å². The Hall–Kier alpha value is -0.660. The molecule has 1 amide bonds. The van der Waals surface area contributed by atoms with Crippen molar-refractivity contribution in [2.45, 2.75) is 38.5 Å². The number of carbonyl (C=O) groups excluding carboxylic acids is 1. The van der Waals surface area contributed by atoms with Crippen LogP contribution in [0.3, 0.4) is 0 Å². The van der Waals surface area contributed by atoms with Gasteiger partial charge in [0.1, 0.15) is 0 Å². The van der Waals surface area contributed by atoms with Crippen molar-refractivity contribution in [3.63, 3.8) is 0 Å². The fourth-order valence-corrected chi connectivity index (χ4v) is 6.07. The Morgan fingerprint density at radius 2 is 1.70 bits per heavy atom. The molecule has 0 aromatic carbocycles. The normalized spacial score (nSPS) is 28.2. The van der Waals surface area contributed by atoms with Crippen LogP contribution in [0.5, 0.6) is 0 Å². The van der Waals surface area contributed by atoms with Crippen LogP contribution in [-0.4, -0.2) is 68.6 Å². The third-order valence-electron chi connectivity index (χ3n) is 5.48. The van der Waals surface area contributed by atoms with Gasteiger partial charge in [-0.05, 0) is 31.6 Å². The maximum atomic E-state index is 12.7. The second kappa shape index (κ2) is 7.49. The number of nitrogens with one attached hydrogen (secondary N) is 1. The van der Waals surface area contributed by atoms with Gasteiger partial charge < -0.3 is 10.2 Å². The van der Waals surface area contributed by atoms with Crippen LogP contribution in [0.25, 0.3) is 0 Å². The molecule has 6 nitrogen and oxygen atoms in total. The molecule has 2 heterocycles. The molecule has 1 unspecified atom stereocenters. The highest BCUT2D eigenvalue weighted by Gasteiger charge is 2.35. The summed E-state index contributed by atoms with van der Waals surface area (Å²) in [5.74, 6) is 0.596. The van der Waals surface area contributed by atoms with Crippen LogP contribution in [-0.2, 0) is 14.8 Å². The van der Waals surface area contributed by atoms with Gasteiger partial charge in [-0.15, -0.1) is 0 Å². The first-order valence-corrected chi connectivity index (χ1v) is 10.6. The Morgan fingerprint density at radius 1 is 1.00 bits per heavy atom. The summed E-state index contributed by atoms with van der Waals surface area (Å²) in [4.78, 5) is 14.5. The Balaban J connectivity index is 1.59. The van der Waals surface area contributed by atoms with E-state index in [0.29, 0.717) is 19.0 Å². The van der Waals surface area contributed by atoms with E-state index in [2.05, 4.69) is 5.32 Å². The topological polar surface area (TPSA) is 69.7 Å². The van der Waals surface area contributed by atoms with Gasteiger partial charge in [0.25, 0.3) is 0 Å². The first-order chi connectivity index (χ1) is 11.1. The van der Waals surface area contributed by atoms with Gasteiger partial charge in [-0.2, -0.15) is 0 Å². The second-order valence-corrected chi connectivity index (χ2v) is 9.22. The SMILES string of the molecule is O=C(C1CCCN(S(=O)(=O)CC2CCCC2)C1)N1CCNCC1. The molecule has 3 aliphatic rings. The molecule has 2 aliphatic heterocycles. The maximum Gasteiger partial charge on any atom is 0.227 e. The number of sulfonamides is 1. The van der Waals surface area contributed by atoms with Gasteiger partial charge in [0.2, 0.25) is 15.9 Å². The first-order valence-electron chi connectivity index (χ1n) is 9.03. The number of nitrogens with zero attached hydrogens (tertiary/aromatic N) is 2. The number of hydrogen-bond donors (Lipinski definition) is 1. The van der Waals surface area contributed by atoms with Crippen LogP contribution in [0.1, 0.15) is 38.5 Å². The van der Waals surface area contributed by atoms with Gasteiger partial charge in [-0.1, -0.05) is 12.8 Å². The van der Waals surface area contributed by atoms with E-state index < -0.39 is 10.0 Å². The Labute approximate surface area is 139 Å². The van der Waals surface area contributed by atoms with Crippen molar-refractivity contribution in [2.24, 2.45) is 11.8 Å². The maximum absolute atomic E-state index is 12.7. The van der Waals surface area contributed by atoms with Crippen molar-refractivity contribution in [2.75, 3.05) is 45.0 Å². The van der Waals surface area contributed by atoms with E-state index in [9.17, 15) is 13.2 Å². The molecule has 0 radical (unpaired) electrons. The molecule has 1 atom stereocenters. The summed E-state index contributed by atoms with van der Waals surface area (Å²) in [7, 11) is -3.21. The van der Waals surface area contributed by atoms with Gasteiger partial charge >= 0.3 is 0 Å². The lowest BCUT2D eigenvalue weighted by molar-refractivity contribution is -0.137. The third-order valence-corrected chi connectivity index (χ3v) is 7.49. The summed E-state index contributed by atoms with van der Waals surface area (Å²) in [5.41, 5.74) is 0. The molecular weight excluding hydrogens is 314 g/mol. The van der Waals surface area contributed by atoms with E-state index in [4.69, 9.17) is 0 Å². The quantitative estimate of drug-likeness (QED) is 0.814. The van der Waals surface area contributed by atoms with Crippen LogP contribution < -0.4 is 5.32 Å². The zero-order chi connectivity index (χ0) is 16.3. The molecule has 7 heteroatoms. The van der Waals surface area contributed by atoms with E-state index in [-0.39, 0.29) is 17.6 Å². The largest absolute Gasteiger partial charge is 0.340 e. The van der Waals surface area contributed by atoms with E-state index >= 15 is 0 Å². The number of carbonyl (C=O) groups is 1. The molecule has 1 N–H and O–H groups in total. The number of rotatable bonds is 4. The van der Waals surface area contributed by atoms with Gasteiger partial charge in [-0.25, -0.2) is 12.7 Å². The van der Waals surface area contributed by atoms with Gasteiger partial charge in [-0.3, -0.25) is 4.79 Å². The lowest BCUT2D eigenvalue weighted by Gasteiger charge is -2.36. The number of piperazine rings is 1. The minimum absolute atomic E-state index is 0.146. The van der Waals surface area contributed by atoms with Crippen LogP contribution in [0, 0.1) is 11.8 Å². The third kappa shape index (κ3) is 4.25. The molecular formula is C16H29N3O3S. The van der Waals surface area contributed by atoms with E-state index in [1.807, 2.05) is 4.90 Å². The molecule has 23 heavy (non-hydrogen) atoms. The number of amides is 1. The zero-order valence-corrected chi connectivity index (χ0v) is 14.7. The summed E-state index contributed by atoms with van der Waals surface area (Å²) in [6.07, 6.45) is 6.01. The average molecular weight is 343 g/mol. The van der Waals surface area contributed by atoms with Crippen molar-refractivity contribution < 1.29 is 13.2 Å².